The first-order valence-corrected chi connectivity index (χ1v) is 9.14. The van der Waals surface area contributed by atoms with Gasteiger partial charge in [-0.2, -0.15) is 0 Å². The first-order chi connectivity index (χ1) is 12.5. The fourth-order valence-corrected chi connectivity index (χ4v) is 2.94. The Balaban J connectivity index is 1.73. The van der Waals surface area contributed by atoms with Crippen LogP contribution in [0.15, 0.2) is 48.5 Å². The average molecular weight is 376 g/mol. The zero-order valence-electron chi connectivity index (χ0n) is 14.7. The van der Waals surface area contributed by atoms with Crippen LogP contribution < -0.4 is 10.1 Å². The number of hydrogen-bond donors (Lipinski definition) is 1. The Labute approximate surface area is 156 Å². The van der Waals surface area contributed by atoms with Crippen LogP contribution in [0, 0.1) is 5.82 Å². The molecule has 0 unspecified atom stereocenters. The van der Waals surface area contributed by atoms with Crippen LogP contribution in [0.2, 0.25) is 0 Å². The largest absolute Gasteiger partial charge is 0.497 e. The van der Waals surface area contributed by atoms with E-state index >= 15 is 0 Å². The minimum atomic E-state index is -0.335. The third-order valence-corrected chi connectivity index (χ3v) is 4.54. The predicted molar refractivity (Wildman–Crippen MR) is 102 cm³/mol. The van der Waals surface area contributed by atoms with Gasteiger partial charge in [0.15, 0.2) is 0 Å². The lowest BCUT2D eigenvalue weighted by Gasteiger charge is -2.17. The molecule has 0 heterocycles. The summed E-state index contributed by atoms with van der Waals surface area (Å²) in [5.41, 5.74) is 1.13. The summed E-state index contributed by atoms with van der Waals surface area (Å²) in [6.07, 6.45) is 0. The summed E-state index contributed by atoms with van der Waals surface area (Å²) in [4.78, 5) is 25.5. The van der Waals surface area contributed by atoms with Crippen LogP contribution in [-0.4, -0.2) is 42.4 Å². The van der Waals surface area contributed by atoms with Crippen molar-refractivity contribution in [1.29, 1.82) is 0 Å². The van der Waals surface area contributed by atoms with E-state index in [4.69, 9.17) is 4.74 Å². The number of rotatable bonds is 8. The van der Waals surface area contributed by atoms with Gasteiger partial charge in [-0.25, -0.2) is 4.39 Å². The summed E-state index contributed by atoms with van der Waals surface area (Å²) in [7, 11) is 3.19. The van der Waals surface area contributed by atoms with E-state index in [9.17, 15) is 14.0 Å². The van der Waals surface area contributed by atoms with Crippen LogP contribution >= 0.6 is 11.8 Å². The summed E-state index contributed by atoms with van der Waals surface area (Å²) in [6.45, 7) is 0.199. The Hall–Kier alpha value is -2.54. The van der Waals surface area contributed by atoms with Gasteiger partial charge in [0.05, 0.1) is 18.6 Å². The molecule has 2 rings (SSSR count). The zero-order valence-corrected chi connectivity index (χ0v) is 15.5. The summed E-state index contributed by atoms with van der Waals surface area (Å²) >= 11 is 1.22. The molecule has 0 radical (unpaired) electrons. The van der Waals surface area contributed by atoms with E-state index in [0.29, 0.717) is 17.0 Å². The smallest absolute Gasteiger partial charge is 0.234 e. The van der Waals surface area contributed by atoms with Crippen molar-refractivity contribution in [2.24, 2.45) is 0 Å². The maximum absolute atomic E-state index is 13.6. The number of amides is 2. The molecule has 0 spiro atoms. The minimum absolute atomic E-state index is 0.154. The van der Waals surface area contributed by atoms with Crippen molar-refractivity contribution in [3.05, 3.63) is 59.9 Å². The van der Waals surface area contributed by atoms with Crippen LogP contribution in [0.3, 0.4) is 0 Å². The van der Waals surface area contributed by atoms with Crippen molar-refractivity contribution in [2.45, 2.75) is 6.54 Å². The van der Waals surface area contributed by atoms with Gasteiger partial charge in [0, 0.05) is 24.8 Å². The minimum Gasteiger partial charge on any atom is -0.497 e. The molecule has 2 aromatic rings. The number of anilines is 1. The zero-order chi connectivity index (χ0) is 18.9. The standard InChI is InChI=1S/C19H21FN2O3S/c1-22(11-14-5-3-4-6-17(14)20)19(24)13-26-12-18(23)21-15-7-9-16(25-2)10-8-15/h3-10H,11-13H2,1-2H3,(H,21,23). The number of hydrogen-bond acceptors (Lipinski definition) is 4. The van der Waals surface area contributed by atoms with E-state index in [1.165, 1.54) is 22.7 Å². The average Bonchev–Trinajstić information content (AvgIpc) is 2.64. The third kappa shape index (κ3) is 6.07. The highest BCUT2D eigenvalue weighted by atomic mass is 32.2. The number of halogens is 1. The summed E-state index contributed by atoms with van der Waals surface area (Å²) in [5.74, 6) is 0.339. The summed E-state index contributed by atoms with van der Waals surface area (Å²) in [6, 6.07) is 13.4. The fourth-order valence-electron chi connectivity index (χ4n) is 2.18. The summed E-state index contributed by atoms with van der Waals surface area (Å²) < 4.78 is 18.7. The predicted octanol–water partition coefficient (Wildman–Crippen LogP) is 3.16. The maximum Gasteiger partial charge on any atom is 0.234 e. The van der Waals surface area contributed by atoms with Gasteiger partial charge >= 0.3 is 0 Å². The van der Waals surface area contributed by atoms with Crippen molar-refractivity contribution < 1.29 is 18.7 Å². The summed E-state index contributed by atoms with van der Waals surface area (Å²) in [5, 5.41) is 2.75. The van der Waals surface area contributed by atoms with Crippen LogP contribution in [0.4, 0.5) is 10.1 Å². The second-order valence-electron chi connectivity index (χ2n) is 5.61. The third-order valence-electron chi connectivity index (χ3n) is 3.62. The number of nitrogens with one attached hydrogen (secondary N) is 1. The molecule has 0 atom stereocenters. The second kappa shape index (κ2) is 9.82. The van der Waals surface area contributed by atoms with Crippen LogP contribution in [-0.2, 0) is 16.1 Å². The molecular weight excluding hydrogens is 355 g/mol. The van der Waals surface area contributed by atoms with Gasteiger partial charge < -0.3 is 15.0 Å². The lowest BCUT2D eigenvalue weighted by atomic mass is 10.2. The van der Waals surface area contributed by atoms with Gasteiger partial charge in [0.25, 0.3) is 0 Å². The SMILES string of the molecule is COc1ccc(NC(=O)CSCC(=O)N(C)Cc2ccccc2F)cc1. The first-order valence-electron chi connectivity index (χ1n) is 7.98. The van der Waals surface area contributed by atoms with Crippen LogP contribution in [0.25, 0.3) is 0 Å². The van der Waals surface area contributed by atoms with Gasteiger partial charge in [-0.3, -0.25) is 9.59 Å². The number of thioether (sulfide) groups is 1. The number of ether oxygens (including phenoxy) is 1. The van der Waals surface area contributed by atoms with E-state index in [1.807, 2.05) is 0 Å². The number of nitrogens with zero attached hydrogens (tertiary/aromatic N) is 1. The molecule has 138 valence electrons. The molecule has 1 N–H and O–H groups in total. The topological polar surface area (TPSA) is 58.6 Å². The highest BCUT2D eigenvalue weighted by Gasteiger charge is 2.12. The molecule has 0 aliphatic rings. The molecule has 0 aliphatic heterocycles. The van der Waals surface area contributed by atoms with Crippen molar-refractivity contribution in [3.63, 3.8) is 0 Å². The Morgan fingerprint density at radius 2 is 1.81 bits per heavy atom. The molecule has 0 saturated heterocycles. The Kier molecular flexibility index (Phi) is 7.47. The van der Waals surface area contributed by atoms with Crippen molar-refractivity contribution in [2.75, 3.05) is 31.0 Å². The lowest BCUT2D eigenvalue weighted by molar-refractivity contribution is -0.127. The van der Waals surface area contributed by atoms with E-state index in [2.05, 4.69) is 5.32 Å². The Morgan fingerprint density at radius 3 is 2.46 bits per heavy atom. The maximum atomic E-state index is 13.6. The van der Waals surface area contributed by atoms with E-state index < -0.39 is 0 Å². The molecular formula is C19H21FN2O3S. The monoisotopic (exact) mass is 376 g/mol. The first kappa shape index (κ1) is 19.8. The number of carbonyl (C=O) groups is 2. The van der Waals surface area contributed by atoms with Crippen molar-refractivity contribution >= 4 is 29.3 Å². The molecule has 2 aromatic carbocycles. The van der Waals surface area contributed by atoms with Crippen molar-refractivity contribution in [3.8, 4) is 5.75 Å². The molecule has 2 amide bonds. The number of methoxy groups -OCH3 is 1. The van der Waals surface area contributed by atoms with Gasteiger partial charge in [-0.05, 0) is 30.3 Å². The van der Waals surface area contributed by atoms with Gasteiger partial charge in [0.2, 0.25) is 11.8 Å². The van der Waals surface area contributed by atoms with Crippen LogP contribution in [0.1, 0.15) is 5.56 Å². The highest BCUT2D eigenvalue weighted by molar-refractivity contribution is 8.00. The second-order valence-corrected chi connectivity index (χ2v) is 6.60. The molecule has 0 fully saturated rings. The Morgan fingerprint density at radius 1 is 1.12 bits per heavy atom. The van der Waals surface area contributed by atoms with E-state index in [1.54, 1.807) is 56.6 Å². The quantitative estimate of drug-likeness (QED) is 0.769. The molecule has 0 aromatic heterocycles. The van der Waals surface area contributed by atoms with Gasteiger partial charge in [-0.15, -0.1) is 11.8 Å². The number of benzene rings is 2. The van der Waals surface area contributed by atoms with E-state index in [-0.39, 0.29) is 35.7 Å². The molecule has 5 nitrogen and oxygen atoms in total. The van der Waals surface area contributed by atoms with Gasteiger partial charge in [-0.1, -0.05) is 18.2 Å². The lowest BCUT2D eigenvalue weighted by Crippen LogP contribution is -2.28. The molecule has 0 aliphatic carbocycles. The van der Waals surface area contributed by atoms with Crippen molar-refractivity contribution in [1.82, 2.24) is 4.90 Å². The molecule has 0 bridgehead atoms. The van der Waals surface area contributed by atoms with Gasteiger partial charge in [0.1, 0.15) is 11.6 Å². The normalized spacial score (nSPS) is 10.3. The highest BCUT2D eigenvalue weighted by Crippen LogP contribution is 2.15. The van der Waals surface area contributed by atoms with Crippen LogP contribution in [0.5, 0.6) is 5.75 Å². The molecule has 7 heteroatoms. The van der Waals surface area contributed by atoms with E-state index in [0.717, 1.165) is 0 Å². The molecule has 0 saturated carbocycles. The molecule has 26 heavy (non-hydrogen) atoms. The fraction of sp³-hybridized carbons (Fsp3) is 0.263. The Bertz CT molecular complexity index is 753. The number of carbonyl (C=O) groups excluding carboxylic acids is 2.